The Balaban J connectivity index is 0.00000102. The fourth-order valence-corrected chi connectivity index (χ4v) is 4.08. The zero-order valence-corrected chi connectivity index (χ0v) is 18.1. The van der Waals surface area contributed by atoms with Crippen molar-refractivity contribution in [2.75, 3.05) is 23.7 Å². The Morgan fingerprint density at radius 2 is 1.85 bits per heavy atom. The third kappa shape index (κ3) is 4.65. The van der Waals surface area contributed by atoms with Crippen LogP contribution in [0.5, 0.6) is 0 Å². The smallest absolute Gasteiger partial charge is 0.127 e. The third-order valence-corrected chi connectivity index (χ3v) is 5.56. The summed E-state index contributed by atoms with van der Waals surface area (Å²) in [5.74, 6) is 1.01. The minimum Gasteiger partial charge on any atom is -0.371 e. The SMILES string of the molecule is CC.Clc1cccc(CN=C2Nc3cc(Br)ccc3NC23CCNCC3)c1. The largest absolute Gasteiger partial charge is 0.371 e. The number of nitrogens with one attached hydrogen (secondary N) is 3. The van der Waals surface area contributed by atoms with Gasteiger partial charge in [0.25, 0.3) is 0 Å². The number of nitrogens with zero attached hydrogens (tertiary/aromatic N) is 1. The average molecular weight is 450 g/mol. The first kappa shape index (κ1) is 20.2. The number of hydrogen-bond donors (Lipinski definition) is 3. The molecule has 6 heteroatoms. The van der Waals surface area contributed by atoms with Crippen LogP contribution in [-0.4, -0.2) is 24.5 Å². The van der Waals surface area contributed by atoms with Crippen molar-refractivity contribution in [3.8, 4) is 0 Å². The lowest BCUT2D eigenvalue weighted by Crippen LogP contribution is -2.57. The van der Waals surface area contributed by atoms with Crippen molar-refractivity contribution >= 4 is 44.7 Å². The van der Waals surface area contributed by atoms with Gasteiger partial charge in [-0.05, 0) is 61.8 Å². The summed E-state index contributed by atoms with van der Waals surface area (Å²) < 4.78 is 1.05. The molecule has 0 bridgehead atoms. The van der Waals surface area contributed by atoms with Crippen LogP contribution >= 0.6 is 27.5 Å². The number of aliphatic imine (C=N–C) groups is 1. The van der Waals surface area contributed by atoms with E-state index in [0.29, 0.717) is 6.54 Å². The van der Waals surface area contributed by atoms with Crippen LogP contribution in [0.15, 0.2) is 51.9 Å². The van der Waals surface area contributed by atoms with Crippen molar-refractivity contribution in [1.29, 1.82) is 0 Å². The lowest BCUT2D eigenvalue weighted by atomic mass is 9.84. The molecule has 4 nitrogen and oxygen atoms in total. The number of piperidine rings is 1. The molecule has 2 aliphatic rings. The van der Waals surface area contributed by atoms with Crippen molar-refractivity contribution in [2.45, 2.75) is 38.8 Å². The second-order valence-electron chi connectivity index (χ2n) is 6.57. The molecule has 2 aromatic rings. The molecule has 0 atom stereocenters. The van der Waals surface area contributed by atoms with Gasteiger partial charge in [0, 0.05) is 9.50 Å². The van der Waals surface area contributed by atoms with Gasteiger partial charge in [0.05, 0.1) is 23.5 Å². The van der Waals surface area contributed by atoms with Gasteiger partial charge in [-0.15, -0.1) is 0 Å². The van der Waals surface area contributed by atoms with Crippen molar-refractivity contribution in [3.05, 3.63) is 57.5 Å². The van der Waals surface area contributed by atoms with Gasteiger partial charge in [-0.3, -0.25) is 4.99 Å². The normalized spacial score (nSPS) is 18.7. The molecule has 2 aliphatic heterocycles. The maximum Gasteiger partial charge on any atom is 0.127 e. The standard InChI is InChI=1S/C19H20BrClN4.C2H6/c20-14-4-5-16-17(11-14)24-18(19(25-16)6-8-22-9-7-19)23-12-13-2-1-3-15(21)10-13;1-2/h1-5,10-11,22,25H,6-9,12H2,(H,23,24);1-2H3. The van der Waals surface area contributed by atoms with Crippen LogP contribution in [0, 0.1) is 0 Å². The van der Waals surface area contributed by atoms with E-state index in [4.69, 9.17) is 16.6 Å². The summed E-state index contributed by atoms with van der Waals surface area (Å²) in [6.45, 7) is 6.58. The highest BCUT2D eigenvalue weighted by Gasteiger charge is 2.40. The summed E-state index contributed by atoms with van der Waals surface area (Å²) in [6.07, 6.45) is 2.01. The van der Waals surface area contributed by atoms with Gasteiger partial charge in [-0.1, -0.05) is 53.5 Å². The Morgan fingerprint density at radius 3 is 2.59 bits per heavy atom. The number of anilines is 2. The average Bonchev–Trinajstić information content (AvgIpc) is 2.69. The summed E-state index contributed by atoms with van der Waals surface area (Å²) in [4.78, 5) is 4.94. The summed E-state index contributed by atoms with van der Waals surface area (Å²) in [5.41, 5.74) is 3.17. The zero-order chi connectivity index (χ0) is 19.3. The van der Waals surface area contributed by atoms with E-state index < -0.39 is 0 Å². The molecular formula is C21H26BrClN4. The van der Waals surface area contributed by atoms with E-state index in [1.54, 1.807) is 0 Å². The second kappa shape index (κ2) is 9.09. The van der Waals surface area contributed by atoms with Crippen molar-refractivity contribution in [3.63, 3.8) is 0 Å². The van der Waals surface area contributed by atoms with Gasteiger partial charge >= 0.3 is 0 Å². The Kier molecular flexibility index (Phi) is 6.79. The minimum atomic E-state index is -0.134. The van der Waals surface area contributed by atoms with Gasteiger partial charge in [-0.25, -0.2) is 0 Å². The lowest BCUT2D eigenvalue weighted by molar-refractivity contribution is 0.419. The molecule has 3 N–H and O–H groups in total. The highest BCUT2D eigenvalue weighted by molar-refractivity contribution is 9.10. The fourth-order valence-electron chi connectivity index (χ4n) is 3.50. The predicted octanol–water partition coefficient (Wildman–Crippen LogP) is 5.69. The molecule has 1 saturated heterocycles. The number of hydrogen-bond acceptors (Lipinski definition) is 3. The molecule has 0 aromatic heterocycles. The molecule has 1 spiro atoms. The molecule has 0 unspecified atom stereocenters. The highest BCUT2D eigenvalue weighted by Crippen LogP contribution is 2.37. The van der Waals surface area contributed by atoms with E-state index in [0.717, 1.165) is 58.2 Å². The molecular weight excluding hydrogens is 424 g/mol. The van der Waals surface area contributed by atoms with Gasteiger partial charge in [0.2, 0.25) is 0 Å². The van der Waals surface area contributed by atoms with Crippen LogP contribution in [0.1, 0.15) is 32.3 Å². The molecule has 27 heavy (non-hydrogen) atoms. The van der Waals surface area contributed by atoms with Gasteiger partial charge in [-0.2, -0.15) is 0 Å². The quantitative estimate of drug-likeness (QED) is 0.552. The number of halogens is 2. The van der Waals surface area contributed by atoms with Gasteiger partial charge < -0.3 is 16.0 Å². The molecule has 144 valence electrons. The molecule has 2 aromatic carbocycles. The van der Waals surface area contributed by atoms with E-state index in [-0.39, 0.29) is 5.54 Å². The predicted molar refractivity (Wildman–Crippen MR) is 120 cm³/mol. The number of amidine groups is 1. The highest BCUT2D eigenvalue weighted by atomic mass is 79.9. The lowest BCUT2D eigenvalue weighted by Gasteiger charge is -2.44. The molecule has 0 radical (unpaired) electrons. The van der Waals surface area contributed by atoms with Crippen LogP contribution in [0.4, 0.5) is 11.4 Å². The first-order chi connectivity index (χ1) is 13.1. The van der Waals surface area contributed by atoms with Crippen molar-refractivity contribution < 1.29 is 0 Å². The van der Waals surface area contributed by atoms with Crippen molar-refractivity contribution in [1.82, 2.24) is 5.32 Å². The Labute approximate surface area is 174 Å². The molecule has 1 fully saturated rings. The number of fused-ring (bicyclic) bond motifs is 1. The molecule has 0 saturated carbocycles. The molecule has 0 amide bonds. The summed E-state index contributed by atoms with van der Waals surface area (Å²) in [7, 11) is 0. The third-order valence-electron chi connectivity index (χ3n) is 4.83. The van der Waals surface area contributed by atoms with Crippen LogP contribution in [-0.2, 0) is 6.54 Å². The first-order valence-electron chi connectivity index (χ1n) is 9.49. The Bertz CT molecular complexity index is 816. The number of benzene rings is 2. The minimum absolute atomic E-state index is 0.134. The Hall–Kier alpha value is -1.56. The van der Waals surface area contributed by atoms with Crippen molar-refractivity contribution in [2.24, 2.45) is 4.99 Å². The van der Waals surface area contributed by atoms with E-state index >= 15 is 0 Å². The Morgan fingerprint density at radius 1 is 1.07 bits per heavy atom. The van der Waals surface area contributed by atoms with E-state index in [1.165, 1.54) is 0 Å². The zero-order valence-electron chi connectivity index (χ0n) is 15.8. The number of rotatable bonds is 2. The maximum atomic E-state index is 6.10. The molecule has 2 heterocycles. The van der Waals surface area contributed by atoms with E-state index in [9.17, 15) is 0 Å². The van der Waals surface area contributed by atoms with Crippen LogP contribution in [0.25, 0.3) is 0 Å². The monoisotopic (exact) mass is 448 g/mol. The molecule has 0 aliphatic carbocycles. The maximum absolute atomic E-state index is 6.10. The first-order valence-corrected chi connectivity index (χ1v) is 10.7. The summed E-state index contributed by atoms with van der Waals surface area (Å²) in [6, 6.07) is 14.2. The van der Waals surface area contributed by atoms with E-state index in [1.807, 2.05) is 32.0 Å². The summed E-state index contributed by atoms with van der Waals surface area (Å²) >= 11 is 9.65. The summed E-state index contributed by atoms with van der Waals surface area (Å²) in [5, 5.41) is 11.5. The van der Waals surface area contributed by atoms with Crippen LogP contribution in [0.3, 0.4) is 0 Å². The van der Waals surface area contributed by atoms with Crippen LogP contribution in [0.2, 0.25) is 5.02 Å². The fraction of sp³-hybridized carbons (Fsp3) is 0.381. The molecule has 4 rings (SSSR count). The second-order valence-corrected chi connectivity index (χ2v) is 7.92. The van der Waals surface area contributed by atoms with Gasteiger partial charge in [0.1, 0.15) is 5.84 Å². The topological polar surface area (TPSA) is 48.5 Å². The van der Waals surface area contributed by atoms with E-state index in [2.05, 4.69) is 56.1 Å². The van der Waals surface area contributed by atoms with Crippen LogP contribution < -0.4 is 16.0 Å². The van der Waals surface area contributed by atoms with Gasteiger partial charge in [0.15, 0.2) is 0 Å².